The van der Waals surface area contributed by atoms with Crippen LogP contribution in [0.3, 0.4) is 0 Å². The van der Waals surface area contributed by atoms with E-state index in [2.05, 4.69) is 17.4 Å². The van der Waals surface area contributed by atoms with E-state index in [9.17, 15) is 4.79 Å². The highest BCUT2D eigenvalue weighted by molar-refractivity contribution is 7.98. The van der Waals surface area contributed by atoms with E-state index >= 15 is 0 Å². The minimum absolute atomic E-state index is 0.125. The summed E-state index contributed by atoms with van der Waals surface area (Å²) >= 11 is 1.70. The number of hydrogen-bond acceptors (Lipinski definition) is 4. The largest absolute Gasteiger partial charge is 0.490 e. The van der Waals surface area contributed by atoms with E-state index in [1.807, 2.05) is 60.9 Å². The molecule has 0 atom stereocenters. The van der Waals surface area contributed by atoms with Gasteiger partial charge in [-0.15, -0.1) is 11.8 Å². The van der Waals surface area contributed by atoms with Crippen molar-refractivity contribution >= 4 is 17.7 Å². The molecule has 3 rings (SSSR count). The Hall–Kier alpha value is -2.92. The number of carbonyl (C=O) groups excluding carboxylic acids is 1. The standard InChI is InChI=1S/C23H23NO3S/c1-28-22-12-10-18(11-13-22)17-24-23(25)19-6-5-9-21(16-19)27-15-14-26-20-7-3-2-4-8-20/h2-13,16H,14-15,17H2,1H3,(H,24,25). The van der Waals surface area contributed by atoms with Crippen molar-refractivity contribution in [1.82, 2.24) is 5.32 Å². The van der Waals surface area contributed by atoms with Gasteiger partial charge in [-0.25, -0.2) is 0 Å². The first kappa shape index (κ1) is 19.8. The number of nitrogens with one attached hydrogen (secondary N) is 1. The number of para-hydroxylation sites is 1. The molecule has 1 N–H and O–H groups in total. The summed E-state index contributed by atoms with van der Waals surface area (Å²) in [6, 6.07) is 24.9. The summed E-state index contributed by atoms with van der Waals surface area (Å²) in [6.45, 7) is 1.33. The molecule has 0 spiro atoms. The fourth-order valence-corrected chi connectivity index (χ4v) is 3.00. The van der Waals surface area contributed by atoms with Crippen LogP contribution in [0.15, 0.2) is 83.8 Å². The highest BCUT2D eigenvalue weighted by atomic mass is 32.2. The molecule has 0 radical (unpaired) electrons. The van der Waals surface area contributed by atoms with E-state index in [0.717, 1.165) is 11.3 Å². The Labute approximate surface area is 169 Å². The van der Waals surface area contributed by atoms with Crippen LogP contribution < -0.4 is 14.8 Å². The quantitative estimate of drug-likeness (QED) is 0.419. The molecule has 0 aliphatic rings. The van der Waals surface area contributed by atoms with Gasteiger partial charge in [0.15, 0.2) is 0 Å². The van der Waals surface area contributed by atoms with Crippen molar-refractivity contribution in [2.75, 3.05) is 19.5 Å². The van der Waals surface area contributed by atoms with Crippen LogP contribution in [0.4, 0.5) is 0 Å². The molecule has 1 amide bonds. The van der Waals surface area contributed by atoms with E-state index in [1.165, 1.54) is 4.90 Å². The number of carbonyl (C=O) groups is 1. The van der Waals surface area contributed by atoms with Crippen LogP contribution in [0, 0.1) is 0 Å². The van der Waals surface area contributed by atoms with Gasteiger partial charge in [-0.1, -0.05) is 36.4 Å². The first-order chi connectivity index (χ1) is 13.7. The van der Waals surface area contributed by atoms with Gasteiger partial charge in [0.2, 0.25) is 0 Å². The topological polar surface area (TPSA) is 47.6 Å². The molecule has 0 aliphatic carbocycles. The molecule has 3 aromatic carbocycles. The van der Waals surface area contributed by atoms with Crippen molar-refractivity contribution in [2.24, 2.45) is 0 Å². The summed E-state index contributed by atoms with van der Waals surface area (Å²) in [4.78, 5) is 13.6. The van der Waals surface area contributed by atoms with Gasteiger partial charge in [0, 0.05) is 17.0 Å². The molecule has 5 heteroatoms. The number of amides is 1. The van der Waals surface area contributed by atoms with Crippen molar-refractivity contribution in [3.05, 3.63) is 90.0 Å². The van der Waals surface area contributed by atoms with Crippen LogP contribution in [0.2, 0.25) is 0 Å². The Balaban J connectivity index is 1.46. The maximum atomic E-state index is 12.4. The second-order valence-electron chi connectivity index (χ2n) is 6.07. The fraction of sp³-hybridized carbons (Fsp3) is 0.174. The van der Waals surface area contributed by atoms with Crippen LogP contribution in [0.25, 0.3) is 0 Å². The fourth-order valence-electron chi connectivity index (χ4n) is 2.59. The SMILES string of the molecule is CSc1ccc(CNC(=O)c2cccc(OCCOc3ccccc3)c2)cc1. The molecule has 0 saturated heterocycles. The molecule has 4 nitrogen and oxygen atoms in total. The molecule has 3 aromatic rings. The Morgan fingerprint density at radius 2 is 1.54 bits per heavy atom. The van der Waals surface area contributed by atoms with Gasteiger partial charge in [0.05, 0.1) is 0 Å². The molecule has 28 heavy (non-hydrogen) atoms. The number of hydrogen-bond donors (Lipinski definition) is 1. The lowest BCUT2D eigenvalue weighted by Gasteiger charge is -2.10. The highest BCUT2D eigenvalue weighted by Crippen LogP contribution is 2.16. The molecule has 0 fully saturated rings. The van der Waals surface area contributed by atoms with Crippen molar-refractivity contribution in [3.63, 3.8) is 0 Å². The minimum atomic E-state index is -0.125. The molecule has 0 bridgehead atoms. The van der Waals surface area contributed by atoms with Crippen LogP contribution in [-0.4, -0.2) is 25.4 Å². The van der Waals surface area contributed by atoms with Crippen LogP contribution in [0.1, 0.15) is 15.9 Å². The Morgan fingerprint density at radius 3 is 2.25 bits per heavy atom. The lowest BCUT2D eigenvalue weighted by atomic mass is 10.2. The zero-order valence-corrected chi connectivity index (χ0v) is 16.6. The number of benzene rings is 3. The van der Waals surface area contributed by atoms with Crippen molar-refractivity contribution < 1.29 is 14.3 Å². The first-order valence-corrected chi connectivity index (χ1v) is 10.3. The van der Waals surface area contributed by atoms with Gasteiger partial charge in [-0.2, -0.15) is 0 Å². The van der Waals surface area contributed by atoms with Gasteiger partial charge >= 0.3 is 0 Å². The van der Waals surface area contributed by atoms with Gasteiger partial charge in [-0.05, 0) is 54.3 Å². The molecule has 0 saturated carbocycles. The summed E-state index contributed by atoms with van der Waals surface area (Å²) < 4.78 is 11.3. The van der Waals surface area contributed by atoms with E-state index in [1.54, 1.807) is 23.9 Å². The highest BCUT2D eigenvalue weighted by Gasteiger charge is 2.07. The maximum Gasteiger partial charge on any atom is 0.251 e. The van der Waals surface area contributed by atoms with Crippen molar-refractivity contribution in [1.29, 1.82) is 0 Å². The number of thioether (sulfide) groups is 1. The minimum Gasteiger partial charge on any atom is -0.490 e. The molecule has 0 heterocycles. The Morgan fingerprint density at radius 1 is 0.857 bits per heavy atom. The molecular weight excluding hydrogens is 370 g/mol. The third-order valence-corrected chi connectivity index (χ3v) is 4.82. The third kappa shape index (κ3) is 6.06. The zero-order chi connectivity index (χ0) is 19.6. The first-order valence-electron chi connectivity index (χ1n) is 9.06. The lowest BCUT2D eigenvalue weighted by Crippen LogP contribution is -2.22. The Bertz CT molecular complexity index is 882. The van der Waals surface area contributed by atoms with Crippen LogP contribution in [-0.2, 0) is 6.54 Å². The molecule has 0 aliphatic heterocycles. The molecule has 0 aromatic heterocycles. The Kier molecular flexibility index (Phi) is 7.38. The summed E-state index contributed by atoms with van der Waals surface area (Å²) in [5.74, 6) is 1.33. The van der Waals surface area contributed by atoms with E-state index in [0.29, 0.717) is 31.1 Å². The normalized spacial score (nSPS) is 10.3. The van der Waals surface area contributed by atoms with E-state index in [-0.39, 0.29) is 5.91 Å². The smallest absolute Gasteiger partial charge is 0.251 e. The van der Waals surface area contributed by atoms with Gasteiger partial charge in [0.1, 0.15) is 24.7 Å². The van der Waals surface area contributed by atoms with Crippen LogP contribution in [0.5, 0.6) is 11.5 Å². The predicted molar refractivity (Wildman–Crippen MR) is 113 cm³/mol. The lowest BCUT2D eigenvalue weighted by molar-refractivity contribution is 0.0950. The average Bonchev–Trinajstić information content (AvgIpc) is 2.76. The summed E-state index contributed by atoms with van der Waals surface area (Å²) in [7, 11) is 0. The summed E-state index contributed by atoms with van der Waals surface area (Å²) in [5, 5.41) is 2.94. The molecule has 144 valence electrons. The number of ether oxygens (including phenoxy) is 2. The zero-order valence-electron chi connectivity index (χ0n) is 15.8. The van der Waals surface area contributed by atoms with Gasteiger partial charge in [-0.3, -0.25) is 4.79 Å². The summed E-state index contributed by atoms with van der Waals surface area (Å²) in [5.41, 5.74) is 1.64. The van der Waals surface area contributed by atoms with Crippen molar-refractivity contribution in [2.45, 2.75) is 11.4 Å². The molecule has 0 unspecified atom stereocenters. The van der Waals surface area contributed by atoms with E-state index in [4.69, 9.17) is 9.47 Å². The van der Waals surface area contributed by atoms with Crippen molar-refractivity contribution in [3.8, 4) is 11.5 Å². The van der Waals surface area contributed by atoms with Crippen LogP contribution >= 0.6 is 11.8 Å². The summed E-state index contributed by atoms with van der Waals surface area (Å²) in [6.07, 6.45) is 2.04. The predicted octanol–water partition coefficient (Wildman–Crippen LogP) is 4.80. The third-order valence-electron chi connectivity index (χ3n) is 4.07. The van der Waals surface area contributed by atoms with Gasteiger partial charge < -0.3 is 14.8 Å². The maximum absolute atomic E-state index is 12.4. The van der Waals surface area contributed by atoms with E-state index < -0.39 is 0 Å². The average molecular weight is 394 g/mol. The second kappa shape index (κ2) is 10.4. The van der Waals surface area contributed by atoms with Gasteiger partial charge in [0.25, 0.3) is 5.91 Å². The second-order valence-corrected chi connectivity index (χ2v) is 6.95. The monoisotopic (exact) mass is 393 g/mol. The molecular formula is C23H23NO3S. The number of rotatable bonds is 9.